The van der Waals surface area contributed by atoms with Gasteiger partial charge in [0.05, 0.1) is 11.4 Å². The van der Waals surface area contributed by atoms with Gasteiger partial charge in [-0.2, -0.15) is 0 Å². The molecule has 0 spiro atoms. The zero-order valence-electron chi connectivity index (χ0n) is 14.3. The zero-order chi connectivity index (χ0) is 16.9. The average Bonchev–Trinajstić information content (AvgIpc) is 3.09. The summed E-state index contributed by atoms with van der Waals surface area (Å²) in [7, 11) is 0. The lowest BCUT2D eigenvalue weighted by atomic mass is 10.1. The highest BCUT2D eigenvalue weighted by Crippen LogP contribution is 2.28. The van der Waals surface area contributed by atoms with E-state index in [0.717, 1.165) is 41.3 Å². The lowest BCUT2D eigenvalue weighted by Gasteiger charge is -2.21. The molecule has 1 N–H and O–H groups in total. The van der Waals surface area contributed by atoms with Gasteiger partial charge in [0.25, 0.3) is 5.91 Å². The molecule has 126 valence electrons. The van der Waals surface area contributed by atoms with Crippen molar-refractivity contribution in [3.63, 3.8) is 0 Å². The molecule has 2 aromatic rings. The maximum absolute atomic E-state index is 12.3. The maximum atomic E-state index is 12.3. The molecule has 2 aromatic carbocycles. The second-order valence-corrected chi connectivity index (χ2v) is 6.27. The second kappa shape index (κ2) is 7.39. The van der Waals surface area contributed by atoms with Crippen LogP contribution in [0.15, 0.2) is 42.5 Å². The number of carbonyl (C=O) groups excluding carboxylic acids is 1. The Morgan fingerprint density at radius 2 is 1.71 bits per heavy atom. The number of rotatable bonds is 5. The van der Waals surface area contributed by atoms with Crippen LogP contribution >= 0.6 is 0 Å². The molecule has 1 amide bonds. The predicted octanol–water partition coefficient (Wildman–Crippen LogP) is 3.92. The summed E-state index contributed by atoms with van der Waals surface area (Å²) in [6.07, 6.45) is 2.41. The first kappa shape index (κ1) is 16.4. The van der Waals surface area contributed by atoms with Gasteiger partial charge < -0.3 is 15.0 Å². The highest BCUT2D eigenvalue weighted by Gasteiger charge is 2.16. The smallest absolute Gasteiger partial charge is 0.262 e. The number of para-hydroxylation sites is 3. The highest BCUT2D eigenvalue weighted by molar-refractivity contribution is 5.95. The molecule has 0 aliphatic carbocycles. The van der Waals surface area contributed by atoms with E-state index < -0.39 is 0 Å². The van der Waals surface area contributed by atoms with E-state index in [9.17, 15) is 4.79 Å². The van der Waals surface area contributed by atoms with Gasteiger partial charge in [0.15, 0.2) is 6.61 Å². The zero-order valence-corrected chi connectivity index (χ0v) is 14.3. The molecule has 1 heterocycles. The van der Waals surface area contributed by atoms with Crippen molar-refractivity contribution >= 4 is 17.3 Å². The van der Waals surface area contributed by atoms with Crippen molar-refractivity contribution in [2.24, 2.45) is 0 Å². The summed E-state index contributed by atoms with van der Waals surface area (Å²) in [5.41, 5.74) is 4.03. The summed E-state index contributed by atoms with van der Waals surface area (Å²) in [5.74, 6) is 0.657. The molecule has 1 fully saturated rings. The number of nitrogens with zero attached hydrogens (tertiary/aromatic N) is 1. The van der Waals surface area contributed by atoms with Crippen LogP contribution in [0.2, 0.25) is 0 Å². The van der Waals surface area contributed by atoms with Crippen molar-refractivity contribution in [3.05, 3.63) is 53.6 Å². The van der Waals surface area contributed by atoms with Gasteiger partial charge in [-0.15, -0.1) is 0 Å². The summed E-state index contributed by atoms with van der Waals surface area (Å²) in [5, 5.41) is 2.99. The lowest BCUT2D eigenvalue weighted by molar-refractivity contribution is -0.118. The number of hydrogen-bond acceptors (Lipinski definition) is 3. The quantitative estimate of drug-likeness (QED) is 0.906. The van der Waals surface area contributed by atoms with E-state index in [1.54, 1.807) is 0 Å². The predicted molar refractivity (Wildman–Crippen MR) is 97.9 cm³/mol. The summed E-state index contributed by atoms with van der Waals surface area (Å²) in [4.78, 5) is 14.6. The van der Waals surface area contributed by atoms with Crippen molar-refractivity contribution in [3.8, 4) is 5.75 Å². The van der Waals surface area contributed by atoms with Crippen LogP contribution in [0.5, 0.6) is 5.75 Å². The van der Waals surface area contributed by atoms with Gasteiger partial charge in [-0.25, -0.2) is 0 Å². The summed E-state index contributed by atoms with van der Waals surface area (Å²) < 4.78 is 5.74. The Labute approximate surface area is 143 Å². The van der Waals surface area contributed by atoms with Crippen LogP contribution in [0.25, 0.3) is 0 Å². The topological polar surface area (TPSA) is 41.6 Å². The Bertz CT molecular complexity index is 701. The fraction of sp³-hybridized carbons (Fsp3) is 0.350. The Hall–Kier alpha value is -2.49. The fourth-order valence-electron chi connectivity index (χ4n) is 3.16. The molecule has 0 atom stereocenters. The third-order valence-electron chi connectivity index (χ3n) is 4.38. The van der Waals surface area contributed by atoms with Gasteiger partial charge in [-0.3, -0.25) is 4.79 Å². The molecule has 0 bridgehead atoms. The largest absolute Gasteiger partial charge is 0.483 e. The standard InChI is InChI=1S/C20H24N2O2/c1-15-8-7-9-16(2)20(15)24-14-19(23)21-17-10-3-4-11-18(17)22-12-5-6-13-22/h3-4,7-11H,5-6,12-14H2,1-2H3,(H,21,23). The van der Waals surface area contributed by atoms with Crippen molar-refractivity contribution in [1.82, 2.24) is 0 Å². The van der Waals surface area contributed by atoms with Crippen LogP contribution < -0.4 is 15.0 Å². The molecule has 0 radical (unpaired) electrons. The first-order valence-electron chi connectivity index (χ1n) is 8.48. The van der Waals surface area contributed by atoms with E-state index in [2.05, 4.69) is 16.3 Å². The Kier molecular flexibility index (Phi) is 5.04. The van der Waals surface area contributed by atoms with Gasteiger partial charge in [0.2, 0.25) is 0 Å². The van der Waals surface area contributed by atoms with Gasteiger partial charge in [0, 0.05) is 13.1 Å². The van der Waals surface area contributed by atoms with Crippen LogP contribution in [0, 0.1) is 13.8 Å². The average molecular weight is 324 g/mol. The molecule has 4 nitrogen and oxygen atoms in total. The molecule has 24 heavy (non-hydrogen) atoms. The van der Waals surface area contributed by atoms with Gasteiger partial charge in [-0.1, -0.05) is 30.3 Å². The lowest BCUT2D eigenvalue weighted by Crippen LogP contribution is -2.24. The molecular weight excluding hydrogens is 300 g/mol. The normalized spacial score (nSPS) is 13.8. The van der Waals surface area contributed by atoms with Gasteiger partial charge in [-0.05, 0) is 49.9 Å². The van der Waals surface area contributed by atoms with E-state index in [0.29, 0.717) is 0 Å². The third-order valence-corrected chi connectivity index (χ3v) is 4.38. The summed E-state index contributed by atoms with van der Waals surface area (Å²) >= 11 is 0. The molecule has 1 saturated heterocycles. The minimum Gasteiger partial charge on any atom is -0.483 e. The van der Waals surface area contributed by atoms with E-state index >= 15 is 0 Å². The van der Waals surface area contributed by atoms with Crippen LogP contribution in [-0.4, -0.2) is 25.6 Å². The maximum Gasteiger partial charge on any atom is 0.262 e. The first-order valence-corrected chi connectivity index (χ1v) is 8.48. The van der Waals surface area contributed by atoms with Crippen molar-refractivity contribution in [2.45, 2.75) is 26.7 Å². The minimum absolute atomic E-state index is 0.0139. The third kappa shape index (κ3) is 3.70. The SMILES string of the molecule is Cc1cccc(C)c1OCC(=O)Nc1ccccc1N1CCCC1. The van der Waals surface area contributed by atoms with E-state index in [4.69, 9.17) is 4.74 Å². The van der Waals surface area contributed by atoms with Gasteiger partial charge in [0.1, 0.15) is 5.75 Å². The fourth-order valence-corrected chi connectivity index (χ4v) is 3.16. The number of aryl methyl sites for hydroxylation is 2. The van der Waals surface area contributed by atoms with E-state index in [-0.39, 0.29) is 12.5 Å². The molecule has 1 aliphatic heterocycles. The van der Waals surface area contributed by atoms with Crippen molar-refractivity contribution in [1.29, 1.82) is 0 Å². The summed E-state index contributed by atoms with van der Waals surface area (Å²) in [6.45, 7) is 6.09. The van der Waals surface area contributed by atoms with Crippen LogP contribution in [0.1, 0.15) is 24.0 Å². The van der Waals surface area contributed by atoms with Crippen LogP contribution in [0.3, 0.4) is 0 Å². The minimum atomic E-state index is -0.135. The summed E-state index contributed by atoms with van der Waals surface area (Å²) in [6, 6.07) is 13.9. The van der Waals surface area contributed by atoms with Crippen molar-refractivity contribution in [2.75, 3.05) is 29.9 Å². The first-order chi connectivity index (χ1) is 11.6. The second-order valence-electron chi connectivity index (χ2n) is 6.27. The number of benzene rings is 2. The van der Waals surface area contributed by atoms with E-state index in [1.165, 1.54) is 12.8 Å². The van der Waals surface area contributed by atoms with Gasteiger partial charge >= 0.3 is 0 Å². The number of ether oxygens (including phenoxy) is 1. The van der Waals surface area contributed by atoms with Crippen molar-refractivity contribution < 1.29 is 9.53 Å². The molecular formula is C20H24N2O2. The molecule has 4 heteroatoms. The Morgan fingerprint density at radius 3 is 2.42 bits per heavy atom. The van der Waals surface area contributed by atoms with Crippen LogP contribution in [-0.2, 0) is 4.79 Å². The van der Waals surface area contributed by atoms with E-state index in [1.807, 2.05) is 50.2 Å². The number of amides is 1. The Balaban J connectivity index is 1.65. The Morgan fingerprint density at radius 1 is 1.04 bits per heavy atom. The monoisotopic (exact) mass is 324 g/mol. The molecule has 0 unspecified atom stereocenters. The highest BCUT2D eigenvalue weighted by atomic mass is 16.5. The van der Waals surface area contributed by atoms with Crippen LogP contribution in [0.4, 0.5) is 11.4 Å². The molecule has 0 aromatic heterocycles. The number of nitrogens with one attached hydrogen (secondary N) is 1. The number of hydrogen-bond donors (Lipinski definition) is 1. The number of carbonyl (C=O) groups is 1. The molecule has 1 aliphatic rings. The number of anilines is 2. The molecule has 3 rings (SSSR count). The molecule has 0 saturated carbocycles.